The number of carbonyl (C=O) groups excluding carboxylic acids is 1. The van der Waals surface area contributed by atoms with Crippen LogP contribution in [0.5, 0.6) is 0 Å². The molecule has 0 N–H and O–H groups in total. The molecule has 0 bridgehead atoms. The van der Waals surface area contributed by atoms with E-state index >= 15 is 0 Å². The van der Waals surface area contributed by atoms with Crippen molar-refractivity contribution >= 4 is 17.2 Å². The Kier molecular flexibility index (Phi) is 3.33. The van der Waals surface area contributed by atoms with Crippen LogP contribution >= 0.6 is 11.3 Å². The highest BCUT2D eigenvalue weighted by molar-refractivity contribution is 7.07. The molecule has 22 heavy (non-hydrogen) atoms. The van der Waals surface area contributed by atoms with Crippen LogP contribution in [-0.4, -0.2) is 43.2 Å². The van der Waals surface area contributed by atoms with E-state index in [0.29, 0.717) is 37.7 Å². The van der Waals surface area contributed by atoms with Crippen LogP contribution in [0, 0.1) is 5.92 Å². The molecule has 116 valence electrons. The Hall–Kier alpha value is -1.96. The second-order valence-corrected chi connectivity index (χ2v) is 6.61. The van der Waals surface area contributed by atoms with Gasteiger partial charge >= 0.3 is 5.69 Å². The zero-order valence-electron chi connectivity index (χ0n) is 12.1. The summed E-state index contributed by atoms with van der Waals surface area (Å²) < 4.78 is 3.32. The van der Waals surface area contributed by atoms with E-state index in [1.165, 1.54) is 24.2 Å². The zero-order valence-corrected chi connectivity index (χ0v) is 13.0. The van der Waals surface area contributed by atoms with Crippen molar-refractivity contribution in [2.24, 2.45) is 5.92 Å². The van der Waals surface area contributed by atoms with Crippen molar-refractivity contribution in [3.8, 4) is 0 Å². The second-order valence-electron chi connectivity index (χ2n) is 5.89. The molecular weight excluding hydrogens is 302 g/mol. The van der Waals surface area contributed by atoms with Crippen LogP contribution in [0.2, 0.25) is 0 Å². The predicted molar refractivity (Wildman–Crippen MR) is 80.9 cm³/mol. The lowest BCUT2D eigenvalue weighted by Gasteiger charge is -2.18. The Morgan fingerprint density at radius 2 is 2.18 bits per heavy atom. The third-order valence-electron chi connectivity index (χ3n) is 4.26. The Morgan fingerprint density at radius 3 is 2.91 bits per heavy atom. The minimum Gasteiger partial charge on any atom is -0.335 e. The molecule has 1 aliphatic carbocycles. The van der Waals surface area contributed by atoms with Crippen molar-refractivity contribution in [1.29, 1.82) is 0 Å². The van der Waals surface area contributed by atoms with E-state index in [1.807, 2.05) is 0 Å². The standard InChI is InChI=1S/C14H17N5O2S/c20-13(11-8-22-9-15-11)17-4-3-12-16-19(7-10-1-2-10)14(21)18(12)6-5-17/h8-10H,1-7H2. The molecule has 0 aromatic carbocycles. The fourth-order valence-corrected chi connectivity index (χ4v) is 3.34. The Labute approximate surface area is 131 Å². The summed E-state index contributed by atoms with van der Waals surface area (Å²) in [4.78, 5) is 30.6. The van der Waals surface area contributed by atoms with Crippen LogP contribution in [0.4, 0.5) is 0 Å². The lowest BCUT2D eigenvalue weighted by molar-refractivity contribution is 0.0753. The Morgan fingerprint density at radius 1 is 1.32 bits per heavy atom. The van der Waals surface area contributed by atoms with Gasteiger partial charge in [0.05, 0.1) is 5.51 Å². The van der Waals surface area contributed by atoms with E-state index in [9.17, 15) is 9.59 Å². The normalized spacial score (nSPS) is 18.1. The molecule has 2 aromatic rings. The number of rotatable bonds is 3. The molecule has 0 unspecified atom stereocenters. The van der Waals surface area contributed by atoms with Gasteiger partial charge in [0, 0.05) is 38.0 Å². The number of nitrogens with zero attached hydrogens (tertiary/aromatic N) is 5. The van der Waals surface area contributed by atoms with Gasteiger partial charge < -0.3 is 4.90 Å². The first-order chi connectivity index (χ1) is 10.7. The number of hydrogen-bond donors (Lipinski definition) is 0. The van der Waals surface area contributed by atoms with Crippen LogP contribution < -0.4 is 5.69 Å². The maximum Gasteiger partial charge on any atom is 0.345 e. The topological polar surface area (TPSA) is 73.0 Å². The van der Waals surface area contributed by atoms with Crippen LogP contribution in [0.3, 0.4) is 0 Å². The highest BCUT2D eigenvalue weighted by Crippen LogP contribution is 2.29. The first kappa shape index (κ1) is 13.7. The first-order valence-electron chi connectivity index (χ1n) is 7.56. The summed E-state index contributed by atoms with van der Waals surface area (Å²) in [7, 11) is 0. The average molecular weight is 319 g/mol. The van der Waals surface area contributed by atoms with E-state index in [-0.39, 0.29) is 11.6 Å². The monoisotopic (exact) mass is 319 g/mol. The highest BCUT2D eigenvalue weighted by Gasteiger charge is 2.27. The number of carbonyl (C=O) groups is 1. The fraction of sp³-hybridized carbons (Fsp3) is 0.571. The average Bonchev–Trinajstić information content (AvgIpc) is 3.13. The van der Waals surface area contributed by atoms with E-state index < -0.39 is 0 Å². The molecule has 7 nitrogen and oxygen atoms in total. The lowest BCUT2D eigenvalue weighted by atomic mass is 10.3. The maximum absolute atomic E-state index is 12.4. The Balaban J connectivity index is 1.51. The summed E-state index contributed by atoms with van der Waals surface area (Å²) in [5, 5.41) is 6.22. The molecule has 1 fully saturated rings. The van der Waals surface area contributed by atoms with Gasteiger partial charge in [-0.3, -0.25) is 9.36 Å². The summed E-state index contributed by atoms with van der Waals surface area (Å²) in [5.74, 6) is 1.35. The summed E-state index contributed by atoms with van der Waals surface area (Å²) in [6.45, 7) is 2.35. The van der Waals surface area contributed by atoms with Gasteiger partial charge in [-0.1, -0.05) is 0 Å². The second kappa shape index (κ2) is 5.35. The van der Waals surface area contributed by atoms with Gasteiger partial charge in [0.2, 0.25) is 0 Å². The van der Waals surface area contributed by atoms with Crippen LogP contribution in [-0.2, 0) is 19.5 Å². The lowest BCUT2D eigenvalue weighted by Crippen LogP contribution is -2.35. The molecule has 0 radical (unpaired) electrons. The van der Waals surface area contributed by atoms with Crippen molar-refractivity contribution < 1.29 is 4.79 Å². The minimum absolute atomic E-state index is 0.0372. The van der Waals surface area contributed by atoms with Gasteiger partial charge in [-0.25, -0.2) is 14.5 Å². The van der Waals surface area contributed by atoms with Crippen molar-refractivity contribution in [1.82, 2.24) is 24.2 Å². The molecule has 2 aliphatic rings. The highest BCUT2D eigenvalue weighted by atomic mass is 32.1. The zero-order chi connectivity index (χ0) is 15.1. The van der Waals surface area contributed by atoms with Crippen molar-refractivity contribution in [2.75, 3.05) is 13.1 Å². The van der Waals surface area contributed by atoms with E-state index in [4.69, 9.17) is 0 Å². The van der Waals surface area contributed by atoms with Crippen molar-refractivity contribution in [2.45, 2.75) is 32.4 Å². The molecule has 1 saturated carbocycles. The van der Waals surface area contributed by atoms with Crippen molar-refractivity contribution in [3.05, 3.63) is 32.9 Å². The molecule has 0 spiro atoms. The molecule has 2 aromatic heterocycles. The van der Waals surface area contributed by atoms with Gasteiger partial charge in [-0.2, -0.15) is 5.10 Å². The van der Waals surface area contributed by atoms with Gasteiger partial charge in [0.15, 0.2) is 0 Å². The molecule has 0 saturated heterocycles. The van der Waals surface area contributed by atoms with E-state index in [2.05, 4.69) is 10.1 Å². The molecule has 1 aliphatic heterocycles. The number of fused-ring (bicyclic) bond motifs is 1. The summed E-state index contributed by atoms with van der Waals surface area (Å²) >= 11 is 1.41. The van der Waals surface area contributed by atoms with Crippen LogP contribution in [0.1, 0.15) is 29.2 Å². The summed E-state index contributed by atoms with van der Waals surface area (Å²) in [6.07, 6.45) is 3.01. The van der Waals surface area contributed by atoms with Gasteiger partial charge in [-0.15, -0.1) is 11.3 Å². The molecule has 4 rings (SSSR count). The third-order valence-corrected chi connectivity index (χ3v) is 4.85. The number of hydrogen-bond acceptors (Lipinski definition) is 5. The number of aromatic nitrogens is 4. The van der Waals surface area contributed by atoms with Gasteiger partial charge in [0.1, 0.15) is 11.5 Å². The van der Waals surface area contributed by atoms with Crippen molar-refractivity contribution in [3.63, 3.8) is 0 Å². The smallest absolute Gasteiger partial charge is 0.335 e. The molecule has 1 amide bonds. The minimum atomic E-state index is -0.0645. The number of thiazole rings is 1. The van der Waals surface area contributed by atoms with Crippen LogP contribution in [0.15, 0.2) is 15.7 Å². The molecule has 3 heterocycles. The molecular formula is C14H17N5O2S. The quantitative estimate of drug-likeness (QED) is 0.831. The van der Waals surface area contributed by atoms with E-state index in [1.54, 1.807) is 25.0 Å². The van der Waals surface area contributed by atoms with E-state index in [0.717, 1.165) is 12.4 Å². The fourth-order valence-electron chi connectivity index (χ4n) is 2.81. The first-order valence-corrected chi connectivity index (χ1v) is 8.50. The summed E-state index contributed by atoms with van der Waals surface area (Å²) in [6, 6.07) is 0. The summed E-state index contributed by atoms with van der Waals surface area (Å²) in [5.41, 5.74) is 2.10. The largest absolute Gasteiger partial charge is 0.345 e. The Bertz CT molecular complexity index is 744. The predicted octanol–water partition coefficient (Wildman–Crippen LogP) is 0.610. The number of amides is 1. The van der Waals surface area contributed by atoms with Gasteiger partial charge in [0.25, 0.3) is 5.91 Å². The molecule has 8 heteroatoms. The third kappa shape index (κ3) is 2.47. The van der Waals surface area contributed by atoms with Crippen LogP contribution in [0.25, 0.3) is 0 Å². The van der Waals surface area contributed by atoms with Gasteiger partial charge in [-0.05, 0) is 18.8 Å². The maximum atomic E-state index is 12.4. The molecule has 0 atom stereocenters. The SMILES string of the molecule is O=C(c1cscn1)N1CCc2nn(CC3CC3)c(=O)n2CC1.